The Morgan fingerprint density at radius 1 is 1.21 bits per heavy atom. The highest BCUT2D eigenvalue weighted by molar-refractivity contribution is 7.89. The molecule has 0 bridgehead atoms. The lowest BCUT2D eigenvalue weighted by molar-refractivity contribution is 0.261. The van der Waals surface area contributed by atoms with E-state index in [0.29, 0.717) is 36.1 Å². The van der Waals surface area contributed by atoms with Crippen molar-refractivity contribution in [1.82, 2.24) is 19.4 Å². The predicted molar refractivity (Wildman–Crippen MR) is 104 cm³/mol. The van der Waals surface area contributed by atoms with Gasteiger partial charge < -0.3 is 4.52 Å². The summed E-state index contributed by atoms with van der Waals surface area (Å²) in [6, 6.07) is 10.8. The third kappa shape index (κ3) is 3.83. The topological polar surface area (TPSA) is 89.2 Å². The van der Waals surface area contributed by atoms with Crippen LogP contribution in [0.2, 0.25) is 0 Å². The summed E-state index contributed by atoms with van der Waals surface area (Å²) in [4.78, 5) is 8.89. The van der Waals surface area contributed by atoms with E-state index < -0.39 is 10.0 Å². The largest absolute Gasteiger partial charge is 0.334 e. The maximum absolute atomic E-state index is 13.1. The van der Waals surface area contributed by atoms with Crippen molar-refractivity contribution in [1.29, 1.82) is 0 Å². The Morgan fingerprint density at radius 2 is 2.07 bits per heavy atom. The van der Waals surface area contributed by atoms with Crippen molar-refractivity contribution in [3.63, 3.8) is 0 Å². The lowest BCUT2D eigenvalue weighted by Gasteiger charge is -2.31. The van der Waals surface area contributed by atoms with Crippen LogP contribution in [0.15, 0.2) is 58.2 Å². The van der Waals surface area contributed by atoms with Crippen molar-refractivity contribution in [2.75, 3.05) is 13.1 Å². The van der Waals surface area contributed by atoms with Gasteiger partial charge in [-0.25, -0.2) is 8.42 Å². The highest BCUT2D eigenvalue weighted by atomic mass is 32.2. The number of rotatable bonds is 5. The summed E-state index contributed by atoms with van der Waals surface area (Å²) in [6.07, 6.45) is 5.71. The standard InChI is InChI=1S/C20H22N4O3S/c1-15-6-2-3-9-18(15)28(25,26)24-11-5-7-16(14-24)12-19-22-20(27-23-19)17-8-4-10-21-13-17/h2-4,6,8-10,13,16H,5,7,11-12,14H2,1H3. The Morgan fingerprint density at radius 3 is 2.86 bits per heavy atom. The zero-order valence-corrected chi connectivity index (χ0v) is 16.5. The second-order valence-electron chi connectivity index (χ2n) is 7.10. The molecule has 0 N–H and O–H groups in total. The summed E-state index contributed by atoms with van der Waals surface area (Å²) in [6.45, 7) is 2.83. The smallest absolute Gasteiger partial charge is 0.259 e. The van der Waals surface area contributed by atoms with E-state index >= 15 is 0 Å². The van der Waals surface area contributed by atoms with E-state index in [9.17, 15) is 8.42 Å². The number of sulfonamides is 1. The van der Waals surface area contributed by atoms with Crippen molar-refractivity contribution in [3.05, 3.63) is 60.2 Å². The van der Waals surface area contributed by atoms with Gasteiger partial charge in [0.25, 0.3) is 5.89 Å². The molecule has 3 aromatic rings. The Balaban J connectivity index is 1.48. The predicted octanol–water partition coefficient (Wildman–Crippen LogP) is 3.08. The molecule has 4 rings (SSSR count). The second kappa shape index (κ2) is 7.81. The lowest BCUT2D eigenvalue weighted by Crippen LogP contribution is -2.40. The highest BCUT2D eigenvalue weighted by Crippen LogP contribution is 2.27. The first-order valence-electron chi connectivity index (χ1n) is 9.33. The fraction of sp³-hybridized carbons (Fsp3) is 0.350. The minimum atomic E-state index is -3.49. The highest BCUT2D eigenvalue weighted by Gasteiger charge is 2.31. The molecule has 0 radical (unpaired) electrons. The summed E-state index contributed by atoms with van der Waals surface area (Å²) in [7, 11) is -3.49. The zero-order valence-electron chi connectivity index (χ0n) is 15.7. The van der Waals surface area contributed by atoms with E-state index in [1.807, 2.05) is 31.2 Å². The van der Waals surface area contributed by atoms with Gasteiger partial charge in [-0.3, -0.25) is 4.98 Å². The van der Waals surface area contributed by atoms with Crippen molar-refractivity contribution in [3.8, 4) is 11.5 Å². The molecule has 1 atom stereocenters. The first-order chi connectivity index (χ1) is 13.5. The summed E-state index contributed by atoms with van der Waals surface area (Å²) in [5.41, 5.74) is 1.54. The van der Waals surface area contributed by atoms with Gasteiger partial charge in [-0.2, -0.15) is 9.29 Å². The van der Waals surface area contributed by atoms with Gasteiger partial charge in [0, 0.05) is 31.9 Å². The number of aromatic nitrogens is 3. The second-order valence-corrected chi connectivity index (χ2v) is 9.00. The number of hydrogen-bond acceptors (Lipinski definition) is 6. The molecule has 2 aromatic heterocycles. The number of hydrogen-bond donors (Lipinski definition) is 0. The zero-order chi connectivity index (χ0) is 19.6. The van der Waals surface area contributed by atoms with Crippen LogP contribution < -0.4 is 0 Å². The molecule has 0 aliphatic carbocycles. The molecule has 1 aliphatic rings. The fourth-order valence-corrected chi connectivity index (χ4v) is 5.38. The number of benzene rings is 1. The van der Waals surface area contributed by atoms with Crippen LogP contribution >= 0.6 is 0 Å². The van der Waals surface area contributed by atoms with Crippen LogP contribution in [-0.4, -0.2) is 40.9 Å². The van der Waals surface area contributed by atoms with Crippen LogP contribution in [0.1, 0.15) is 24.2 Å². The van der Waals surface area contributed by atoms with Crippen molar-refractivity contribution < 1.29 is 12.9 Å². The van der Waals surface area contributed by atoms with Crippen LogP contribution in [0.3, 0.4) is 0 Å². The molecule has 1 unspecified atom stereocenters. The van der Waals surface area contributed by atoms with Gasteiger partial charge in [0.15, 0.2) is 5.82 Å². The monoisotopic (exact) mass is 398 g/mol. The van der Waals surface area contributed by atoms with Crippen LogP contribution in [0.4, 0.5) is 0 Å². The third-order valence-corrected chi connectivity index (χ3v) is 7.07. The van der Waals surface area contributed by atoms with Crippen LogP contribution in [-0.2, 0) is 16.4 Å². The van der Waals surface area contributed by atoms with Gasteiger partial charge in [-0.15, -0.1) is 0 Å². The molecule has 146 valence electrons. The summed E-state index contributed by atoms with van der Waals surface area (Å²) < 4.78 is 33.1. The van der Waals surface area contributed by atoms with Crippen molar-refractivity contribution in [2.45, 2.75) is 31.1 Å². The average Bonchev–Trinajstić information content (AvgIpc) is 3.17. The van der Waals surface area contributed by atoms with Crippen LogP contribution in [0.25, 0.3) is 11.5 Å². The number of pyridine rings is 1. The summed E-state index contributed by atoms with van der Waals surface area (Å²) >= 11 is 0. The molecule has 0 amide bonds. The van der Waals surface area contributed by atoms with Gasteiger partial charge in [0.2, 0.25) is 10.0 Å². The SMILES string of the molecule is Cc1ccccc1S(=O)(=O)N1CCCC(Cc2noc(-c3cccnc3)n2)C1. The summed E-state index contributed by atoms with van der Waals surface area (Å²) in [5, 5.41) is 4.06. The fourth-order valence-electron chi connectivity index (χ4n) is 3.60. The number of aryl methyl sites for hydroxylation is 1. The van der Waals surface area contributed by atoms with Crippen LogP contribution in [0, 0.1) is 12.8 Å². The molecular weight excluding hydrogens is 376 g/mol. The number of piperidine rings is 1. The molecule has 0 spiro atoms. The molecule has 7 nitrogen and oxygen atoms in total. The molecule has 1 aliphatic heterocycles. The first kappa shape index (κ1) is 18.8. The van der Waals surface area contributed by atoms with E-state index in [1.165, 1.54) is 0 Å². The quantitative estimate of drug-likeness (QED) is 0.656. The van der Waals surface area contributed by atoms with E-state index in [0.717, 1.165) is 24.0 Å². The Bertz CT molecular complexity index is 1050. The van der Waals surface area contributed by atoms with E-state index in [4.69, 9.17) is 4.52 Å². The molecule has 1 fully saturated rings. The van der Waals surface area contributed by atoms with Gasteiger partial charge in [0.1, 0.15) is 0 Å². The Hall–Kier alpha value is -2.58. The molecule has 28 heavy (non-hydrogen) atoms. The van der Waals surface area contributed by atoms with Gasteiger partial charge in [0.05, 0.1) is 10.5 Å². The summed E-state index contributed by atoms with van der Waals surface area (Å²) in [5.74, 6) is 1.19. The first-order valence-corrected chi connectivity index (χ1v) is 10.8. The Kier molecular flexibility index (Phi) is 5.23. The van der Waals surface area contributed by atoms with E-state index in [1.54, 1.807) is 28.8 Å². The maximum atomic E-state index is 13.1. The lowest BCUT2D eigenvalue weighted by atomic mass is 9.96. The normalized spacial score (nSPS) is 18.2. The molecule has 0 saturated carbocycles. The van der Waals surface area contributed by atoms with Gasteiger partial charge in [-0.05, 0) is 49.4 Å². The number of nitrogens with zero attached hydrogens (tertiary/aromatic N) is 4. The van der Waals surface area contributed by atoms with E-state index in [2.05, 4.69) is 15.1 Å². The van der Waals surface area contributed by atoms with E-state index in [-0.39, 0.29) is 5.92 Å². The van der Waals surface area contributed by atoms with Crippen LogP contribution in [0.5, 0.6) is 0 Å². The van der Waals surface area contributed by atoms with Crippen molar-refractivity contribution >= 4 is 10.0 Å². The minimum Gasteiger partial charge on any atom is -0.334 e. The van der Waals surface area contributed by atoms with Gasteiger partial charge >= 0.3 is 0 Å². The third-order valence-electron chi connectivity index (χ3n) is 5.04. The molecule has 1 saturated heterocycles. The molecule has 8 heteroatoms. The molecular formula is C20H22N4O3S. The van der Waals surface area contributed by atoms with Gasteiger partial charge in [-0.1, -0.05) is 23.4 Å². The maximum Gasteiger partial charge on any atom is 0.259 e. The van der Waals surface area contributed by atoms with Crippen molar-refractivity contribution in [2.24, 2.45) is 5.92 Å². The molecule has 3 heterocycles. The molecule has 1 aromatic carbocycles. The average molecular weight is 398 g/mol. The minimum absolute atomic E-state index is 0.159. The Labute approximate surface area is 164 Å².